The molecule has 2 aromatic rings. The fourth-order valence-corrected chi connectivity index (χ4v) is 1.95. The Morgan fingerprint density at radius 1 is 1.29 bits per heavy atom. The molecule has 8 heteroatoms. The number of benzene rings is 1. The van der Waals surface area contributed by atoms with Crippen LogP contribution in [0.4, 0.5) is 20.2 Å². The predicted octanol–water partition coefficient (Wildman–Crippen LogP) is 2.11. The maximum Gasteiger partial charge on any atom is 0.251 e. The molecular formula is C13H10BrF2N3O2. The molecule has 0 aliphatic rings. The minimum atomic E-state index is -0.795. The van der Waals surface area contributed by atoms with Crippen LogP contribution in [0.3, 0.4) is 0 Å². The molecule has 0 aliphatic carbocycles. The number of amides is 1. The Balaban J connectivity index is 2.17. The number of nitrogens with two attached hydrogens (primary N) is 1. The molecule has 0 atom stereocenters. The number of hydrogen-bond acceptors (Lipinski definition) is 3. The van der Waals surface area contributed by atoms with E-state index in [-0.39, 0.29) is 16.7 Å². The zero-order chi connectivity index (χ0) is 15.6. The molecule has 5 nitrogen and oxygen atoms in total. The lowest BCUT2D eigenvalue weighted by molar-refractivity contribution is -0.116. The fourth-order valence-electron chi connectivity index (χ4n) is 1.64. The Morgan fingerprint density at radius 2 is 2.00 bits per heavy atom. The number of nitrogens with one attached hydrogen (secondary N) is 1. The Bertz CT molecular complexity index is 762. The quantitative estimate of drug-likeness (QED) is 0.826. The molecule has 1 aromatic heterocycles. The van der Waals surface area contributed by atoms with E-state index in [0.29, 0.717) is 5.69 Å². The van der Waals surface area contributed by atoms with Crippen molar-refractivity contribution in [3.63, 3.8) is 0 Å². The highest BCUT2D eigenvalue weighted by atomic mass is 79.9. The Kier molecular flexibility index (Phi) is 4.37. The second-order valence-electron chi connectivity index (χ2n) is 4.22. The lowest BCUT2D eigenvalue weighted by Crippen LogP contribution is -2.27. The van der Waals surface area contributed by atoms with Crippen molar-refractivity contribution in [2.75, 3.05) is 11.1 Å². The average Bonchev–Trinajstić information content (AvgIpc) is 2.40. The molecule has 1 heterocycles. The van der Waals surface area contributed by atoms with Crippen LogP contribution in [-0.2, 0) is 11.3 Å². The number of carbonyl (C=O) groups is 1. The first-order valence-corrected chi connectivity index (χ1v) is 6.56. The molecule has 1 amide bonds. The van der Waals surface area contributed by atoms with Crippen LogP contribution < -0.4 is 16.6 Å². The van der Waals surface area contributed by atoms with Crippen LogP contribution in [0.15, 0.2) is 39.7 Å². The smallest absolute Gasteiger partial charge is 0.251 e. The number of hydrogen-bond donors (Lipinski definition) is 2. The zero-order valence-electron chi connectivity index (χ0n) is 10.6. The molecule has 0 saturated carbocycles. The summed E-state index contributed by atoms with van der Waals surface area (Å²) < 4.78 is 27.9. The van der Waals surface area contributed by atoms with Crippen LogP contribution >= 0.6 is 15.9 Å². The van der Waals surface area contributed by atoms with Crippen molar-refractivity contribution in [1.82, 2.24) is 4.57 Å². The molecule has 21 heavy (non-hydrogen) atoms. The van der Waals surface area contributed by atoms with Crippen molar-refractivity contribution in [1.29, 1.82) is 0 Å². The molecule has 0 fully saturated rings. The van der Waals surface area contributed by atoms with Crippen LogP contribution in [0.1, 0.15) is 0 Å². The standard InChI is InChI=1S/C13H10BrF2N3O2/c14-8-3-10(16)11(4-9(8)15)18-12(20)6-19-5-7(17)1-2-13(19)21/h1-5H,6,17H2,(H,18,20). The van der Waals surface area contributed by atoms with E-state index in [1.165, 1.54) is 18.3 Å². The maximum atomic E-state index is 13.6. The second kappa shape index (κ2) is 6.04. The monoisotopic (exact) mass is 357 g/mol. The number of nitrogens with zero attached hydrogens (tertiary/aromatic N) is 1. The topological polar surface area (TPSA) is 77.1 Å². The Morgan fingerprint density at radius 3 is 2.71 bits per heavy atom. The molecular weight excluding hydrogens is 348 g/mol. The summed E-state index contributed by atoms with van der Waals surface area (Å²) in [4.78, 5) is 23.3. The van der Waals surface area contributed by atoms with E-state index in [9.17, 15) is 18.4 Å². The largest absolute Gasteiger partial charge is 0.398 e. The molecule has 0 aliphatic heterocycles. The summed E-state index contributed by atoms with van der Waals surface area (Å²) in [6, 6.07) is 4.36. The van der Waals surface area contributed by atoms with Crippen LogP contribution in [0, 0.1) is 11.6 Å². The van der Waals surface area contributed by atoms with Gasteiger partial charge in [-0.1, -0.05) is 0 Å². The van der Waals surface area contributed by atoms with Crippen molar-refractivity contribution in [2.45, 2.75) is 6.54 Å². The van der Waals surface area contributed by atoms with Gasteiger partial charge in [0.2, 0.25) is 5.91 Å². The predicted molar refractivity (Wildman–Crippen MR) is 77.8 cm³/mol. The van der Waals surface area contributed by atoms with Gasteiger partial charge in [0.25, 0.3) is 5.56 Å². The van der Waals surface area contributed by atoms with Crippen molar-refractivity contribution < 1.29 is 13.6 Å². The lowest BCUT2D eigenvalue weighted by Gasteiger charge is -2.09. The molecule has 0 radical (unpaired) electrons. The van der Waals surface area contributed by atoms with E-state index in [1.54, 1.807) is 0 Å². The number of pyridine rings is 1. The molecule has 0 bridgehead atoms. The van der Waals surface area contributed by atoms with Crippen molar-refractivity contribution >= 4 is 33.2 Å². The third-order valence-corrected chi connectivity index (χ3v) is 3.21. The van der Waals surface area contributed by atoms with Gasteiger partial charge in [-0.25, -0.2) is 8.78 Å². The van der Waals surface area contributed by atoms with Crippen LogP contribution in [0.2, 0.25) is 0 Å². The first-order valence-electron chi connectivity index (χ1n) is 5.77. The third kappa shape index (κ3) is 3.66. The molecule has 0 spiro atoms. The maximum absolute atomic E-state index is 13.6. The lowest BCUT2D eigenvalue weighted by atomic mass is 10.3. The number of nitrogen functional groups attached to an aromatic ring is 1. The summed E-state index contributed by atoms with van der Waals surface area (Å²) in [5, 5.41) is 2.20. The van der Waals surface area contributed by atoms with Gasteiger partial charge in [0, 0.05) is 24.0 Å². The summed E-state index contributed by atoms with van der Waals surface area (Å²) in [6.07, 6.45) is 1.29. The number of halogens is 3. The first kappa shape index (κ1) is 15.2. The van der Waals surface area contributed by atoms with Crippen LogP contribution in [0.5, 0.6) is 0 Å². The van der Waals surface area contributed by atoms with Gasteiger partial charge in [-0.05, 0) is 28.1 Å². The van der Waals surface area contributed by atoms with Gasteiger partial charge in [0.15, 0.2) is 0 Å². The van der Waals surface area contributed by atoms with Crippen molar-refractivity contribution in [3.05, 3.63) is 56.9 Å². The third-order valence-electron chi connectivity index (χ3n) is 2.60. The van der Waals surface area contributed by atoms with Gasteiger partial charge < -0.3 is 15.6 Å². The number of aromatic nitrogens is 1. The molecule has 1 aromatic carbocycles. The Labute approximate surface area is 126 Å². The minimum absolute atomic E-state index is 0.0509. The summed E-state index contributed by atoms with van der Waals surface area (Å²) in [5.74, 6) is -2.19. The average molecular weight is 358 g/mol. The van der Waals surface area contributed by atoms with E-state index in [2.05, 4.69) is 21.2 Å². The summed E-state index contributed by atoms with van der Waals surface area (Å²) in [6.45, 7) is -0.360. The highest BCUT2D eigenvalue weighted by molar-refractivity contribution is 9.10. The molecule has 3 N–H and O–H groups in total. The molecule has 0 saturated heterocycles. The first-order chi connectivity index (χ1) is 9.86. The Hall–Kier alpha value is -2.22. The summed E-state index contributed by atoms with van der Waals surface area (Å²) in [7, 11) is 0. The summed E-state index contributed by atoms with van der Waals surface area (Å²) in [5.41, 5.74) is 5.08. The summed E-state index contributed by atoms with van der Waals surface area (Å²) >= 11 is 2.83. The fraction of sp³-hybridized carbons (Fsp3) is 0.0769. The number of rotatable bonds is 3. The van der Waals surface area contributed by atoms with Gasteiger partial charge in [0.05, 0.1) is 10.2 Å². The zero-order valence-corrected chi connectivity index (χ0v) is 12.2. The van der Waals surface area contributed by atoms with E-state index in [1.807, 2.05) is 0 Å². The van der Waals surface area contributed by atoms with Crippen LogP contribution in [0.25, 0.3) is 0 Å². The normalized spacial score (nSPS) is 10.4. The van der Waals surface area contributed by atoms with Gasteiger partial charge >= 0.3 is 0 Å². The highest BCUT2D eigenvalue weighted by Crippen LogP contribution is 2.23. The second-order valence-corrected chi connectivity index (χ2v) is 5.08. The van der Waals surface area contributed by atoms with Gasteiger partial charge in [-0.2, -0.15) is 0 Å². The van der Waals surface area contributed by atoms with Gasteiger partial charge in [0.1, 0.15) is 18.2 Å². The van der Waals surface area contributed by atoms with E-state index in [4.69, 9.17) is 5.73 Å². The number of anilines is 2. The molecule has 0 unspecified atom stereocenters. The van der Waals surface area contributed by atoms with E-state index < -0.39 is 23.1 Å². The molecule has 110 valence electrons. The van der Waals surface area contributed by atoms with Crippen molar-refractivity contribution in [2.24, 2.45) is 0 Å². The van der Waals surface area contributed by atoms with Gasteiger partial charge in [-0.15, -0.1) is 0 Å². The number of carbonyl (C=O) groups excluding carboxylic acids is 1. The SMILES string of the molecule is Nc1ccc(=O)n(CC(=O)Nc2cc(F)c(Br)cc2F)c1. The van der Waals surface area contributed by atoms with Crippen molar-refractivity contribution in [3.8, 4) is 0 Å². The molecule has 2 rings (SSSR count). The van der Waals surface area contributed by atoms with Crippen LogP contribution in [-0.4, -0.2) is 10.5 Å². The van der Waals surface area contributed by atoms with Gasteiger partial charge in [-0.3, -0.25) is 9.59 Å². The van der Waals surface area contributed by atoms with E-state index in [0.717, 1.165) is 16.7 Å². The minimum Gasteiger partial charge on any atom is -0.398 e. The highest BCUT2D eigenvalue weighted by Gasteiger charge is 2.12. The van der Waals surface area contributed by atoms with E-state index >= 15 is 0 Å².